The Labute approximate surface area is 167 Å². The number of halogens is 3. The quantitative estimate of drug-likeness (QED) is 0.808. The van der Waals surface area contributed by atoms with Gasteiger partial charge in [0.25, 0.3) is 5.91 Å². The number of nitrogens with one attached hydrogen (secondary N) is 1. The van der Waals surface area contributed by atoms with Gasteiger partial charge in [-0.1, -0.05) is 19.1 Å². The lowest BCUT2D eigenvalue weighted by molar-refractivity contribution is -0.137. The van der Waals surface area contributed by atoms with E-state index in [9.17, 15) is 18.0 Å². The normalized spacial score (nSPS) is 15.3. The lowest BCUT2D eigenvalue weighted by atomic mass is 10.00. The van der Waals surface area contributed by atoms with Crippen LogP contribution in [0.2, 0.25) is 0 Å². The fourth-order valence-corrected chi connectivity index (χ4v) is 3.11. The number of ether oxygens (including phenoxy) is 1. The Kier molecular flexibility index (Phi) is 6.24. The molecular weight excluding hydrogens is 385 g/mol. The summed E-state index contributed by atoms with van der Waals surface area (Å²) in [6.45, 7) is 5.24. The first-order chi connectivity index (χ1) is 13.7. The molecule has 2 heterocycles. The Hall–Kier alpha value is -2.84. The summed E-state index contributed by atoms with van der Waals surface area (Å²) in [7, 11) is 0. The zero-order valence-corrected chi connectivity index (χ0v) is 16.3. The van der Waals surface area contributed by atoms with E-state index < -0.39 is 24.3 Å². The van der Waals surface area contributed by atoms with Crippen LogP contribution in [0.5, 0.6) is 5.88 Å². The molecule has 0 saturated carbocycles. The number of rotatable bonds is 5. The van der Waals surface area contributed by atoms with E-state index in [1.54, 1.807) is 13.0 Å². The number of hydrogen-bond donors (Lipinski definition) is 1. The molecule has 9 heteroatoms. The minimum Gasteiger partial charge on any atom is -0.467 e. The third-order valence-corrected chi connectivity index (χ3v) is 4.74. The van der Waals surface area contributed by atoms with Crippen LogP contribution >= 0.6 is 0 Å². The molecule has 0 radical (unpaired) electrons. The molecule has 1 aliphatic rings. The number of piperidine rings is 1. The molecule has 6 nitrogen and oxygen atoms in total. The SMILES string of the molecule is Cc1cc(OCC(=O)Nc2ccccc2C(F)(F)F)nc(N2CCC(C)CC2)n1. The highest BCUT2D eigenvalue weighted by molar-refractivity contribution is 5.92. The van der Waals surface area contributed by atoms with E-state index in [-0.39, 0.29) is 11.6 Å². The largest absolute Gasteiger partial charge is 0.467 e. The smallest absolute Gasteiger partial charge is 0.418 e. The van der Waals surface area contributed by atoms with Gasteiger partial charge in [0.2, 0.25) is 11.8 Å². The van der Waals surface area contributed by atoms with Gasteiger partial charge in [-0.15, -0.1) is 0 Å². The molecule has 1 aromatic heterocycles. The van der Waals surface area contributed by atoms with Crippen molar-refractivity contribution in [2.24, 2.45) is 5.92 Å². The number of alkyl halides is 3. The first kappa shape index (κ1) is 20.9. The lowest BCUT2D eigenvalue weighted by Gasteiger charge is -2.30. The first-order valence-electron chi connectivity index (χ1n) is 9.42. The molecule has 1 aliphatic heterocycles. The van der Waals surface area contributed by atoms with Crippen molar-refractivity contribution in [3.8, 4) is 5.88 Å². The molecule has 156 valence electrons. The predicted octanol–water partition coefficient (Wildman–Crippen LogP) is 4.06. The first-order valence-corrected chi connectivity index (χ1v) is 9.42. The second kappa shape index (κ2) is 8.67. The maximum absolute atomic E-state index is 13.0. The van der Waals surface area contributed by atoms with Crippen LogP contribution < -0.4 is 15.0 Å². The van der Waals surface area contributed by atoms with Gasteiger partial charge in [-0.3, -0.25) is 4.79 Å². The number of carbonyl (C=O) groups excluding carboxylic acids is 1. The molecule has 0 unspecified atom stereocenters. The van der Waals surface area contributed by atoms with Gasteiger partial charge in [0.1, 0.15) is 0 Å². The van der Waals surface area contributed by atoms with Gasteiger partial charge in [0, 0.05) is 24.8 Å². The highest BCUT2D eigenvalue weighted by atomic mass is 19.4. The van der Waals surface area contributed by atoms with Crippen molar-refractivity contribution in [3.05, 3.63) is 41.6 Å². The molecule has 0 aliphatic carbocycles. The molecule has 1 aromatic carbocycles. The molecule has 1 amide bonds. The van der Waals surface area contributed by atoms with Crippen LogP contribution in [0.25, 0.3) is 0 Å². The van der Waals surface area contributed by atoms with E-state index in [0.29, 0.717) is 17.6 Å². The van der Waals surface area contributed by atoms with E-state index in [1.165, 1.54) is 18.2 Å². The van der Waals surface area contributed by atoms with Gasteiger partial charge in [-0.25, -0.2) is 4.98 Å². The summed E-state index contributed by atoms with van der Waals surface area (Å²) in [6.07, 6.45) is -2.46. The standard InChI is InChI=1S/C20H23F3N4O2/c1-13-7-9-27(10-8-13)19-24-14(2)11-18(26-19)29-12-17(28)25-16-6-4-3-5-15(16)20(21,22)23/h3-6,11,13H,7-10,12H2,1-2H3,(H,25,28). The molecule has 0 spiro atoms. The number of aromatic nitrogens is 2. The van der Waals surface area contributed by atoms with Crippen molar-refractivity contribution in [1.82, 2.24) is 9.97 Å². The number of para-hydroxylation sites is 1. The Morgan fingerprint density at radius 2 is 1.93 bits per heavy atom. The molecule has 1 fully saturated rings. The number of hydrogen-bond acceptors (Lipinski definition) is 5. The van der Waals surface area contributed by atoms with E-state index in [4.69, 9.17) is 4.74 Å². The minimum absolute atomic E-state index is 0.213. The summed E-state index contributed by atoms with van der Waals surface area (Å²) in [5.74, 6) is 0.710. The highest BCUT2D eigenvalue weighted by Crippen LogP contribution is 2.34. The molecule has 2 aromatic rings. The van der Waals surface area contributed by atoms with Crippen LogP contribution in [0, 0.1) is 12.8 Å². The Bertz CT molecular complexity index is 865. The average Bonchev–Trinajstić information content (AvgIpc) is 2.66. The molecule has 3 rings (SSSR count). The Balaban J connectivity index is 1.64. The van der Waals surface area contributed by atoms with Crippen LogP contribution in [0.3, 0.4) is 0 Å². The zero-order chi connectivity index (χ0) is 21.0. The summed E-state index contributed by atoms with van der Waals surface area (Å²) < 4.78 is 44.5. The highest BCUT2D eigenvalue weighted by Gasteiger charge is 2.33. The minimum atomic E-state index is -4.56. The fourth-order valence-electron chi connectivity index (χ4n) is 3.11. The summed E-state index contributed by atoms with van der Waals surface area (Å²) >= 11 is 0. The number of benzene rings is 1. The summed E-state index contributed by atoms with van der Waals surface area (Å²) in [4.78, 5) is 23.0. The van der Waals surface area contributed by atoms with E-state index in [0.717, 1.165) is 32.0 Å². The number of anilines is 2. The monoisotopic (exact) mass is 408 g/mol. The molecule has 29 heavy (non-hydrogen) atoms. The van der Waals surface area contributed by atoms with Crippen LogP contribution in [-0.4, -0.2) is 35.6 Å². The van der Waals surface area contributed by atoms with Crippen LogP contribution in [0.4, 0.5) is 24.8 Å². The van der Waals surface area contributed by atoms with E-state index in [1.807, 2.05) is 0 Å². The maximum Gasteiger partial charge on any atom is 0.418 e. The number of amides is 1. The van der Waals surface area contributed by atoms with Crippen molar-refractivity contribution in [3.63, 3.8) is 0 Å². The molecule has 0 bridgehead atoms. The van der Waals surface area contributed by atoms with Crippen molar-refractivity contribution in [2.45, 2.75) is 32.9 Å². The van der Waals surface area contributed by atoms with Crippen LogP contribution in [0.15, 0.2) is 30.3 Å². The van der Waals surface area contributed by atoms with Crippen LogP contribution in [-0.2, 0) is 11.0 Å². The third kappa shape index (κ3) is 5.58. The molecular formula is C20H23F3N4O2. The van der Waals surface area contributed by atoms with Gasteiger partial charge < -0.3 is 15.0 Å². The second-order valence-electron chi connectivity index (χ2n) is 7.20. The van der Waals surface area contributed by atoms with Crippen molar-refractivity contribution in [1.29, 1.82) is 0 Å². The second-order valence-corrected chi connectivity index (χ2v) is 7.20. The van der Waals surface area contributed by atoms with Gasteiger partial charge in [-0.05, 0) is 37.8 Å². The fraction of sp³-hybridized carbons (Fsp3) is 0.450. The number of carbonyl (C=O) groups is 1. The molecule has 1 saturated heterocycles. The summed E-state index contributed by atoms with van der Waals surface area (Å²) in [5, 5.41) is 2.25. The number of aryl methyl sites for hydroxylation is 1. The van der Waals surface area contributed by atoms with E-state index >= 15 is 0 Å². The molecule has 0 atom stereocenters. The average molecular weight is 408 g/mol. The predicted molar refractivity (Wildman–Crippen MR) is 103 cm³/mol. The summed E-state index contributed by atoms with van der Waals surface area (Å²) in [6, 6.07) is 6.39. The lowest BCUT2D eigenvalue weighted by Crippen LogP contribution is -2.34. The topological polar surface area (TPSA) is 67.3 Å². The Morgan fingerprint density at radius 3 is 2.62 bits per heavy atom. The van der Waals surface area contributed by atoms with Gasteiger partial charge in [0.05, 0.1) is 11.3 Å². The molecule has 1 N–H and O–H groups in total. The van der Waals surface area contributed by atoms with Gasteiger partial charge >= 0.3 is 6.18 Å². The maximum atomic E-state index is 13.0. The van der Waals surface area contributed by atoms with Crippen molar-refractivity contribution >= 4 is 17.5 Å². The number of nitrogens with zero attached hydrogens (tertiary/aromatic N) is 3. The van der Waals surface area contributed by atoms with E-state index in [2.05, 4.69) is 27.1 Å². The van der Waals surface area contributed by atoms with Gasteiger partial charge in [0.15, 0.2) is 6.61 Å². The van der Waals surface area contributed by atoms with Crippen molar-refractivity contribution in [2.75, 3.05) is 29.9 Å². The van der Waals surface area contributed by atoms with Crippen LogP contribution in [0.1, 0.15) is 31.0 Å². The zero-order valence-electron chi connectivity index (χ0n) is 16.3. The summed E-state index contributed by atoms with van der Waals surface area (Å²) in [5.41, 5.74) is -0.533. The van der Waals surface area contributed by atoms with Crippen molar-refractivity contribution < 1.29 is 22.7 Å². The third-order valence-electron chi connectivity index (χ3n) is 4.74. The Morgan fingerprint density at radius 1 is 1.24 bits per heavy atom. The van der Waals surface area contributed by atoms with Gasteiger partial charge in [-0.2, -0.15) is 18.2 Å².